The van der Waals surface area contributed by atoms with Crippen molar-refractivity contribution in [2.24, 2.45) is 0 Å². The molecular weight excluding hydrogens is 446 g/mol. The van der Waals surface area contributed by atoms with E-state index in [4.69, 9.17) is 11.6 Å². The van der Waals surface area contributed by atoms with Crippen molar-refractivity contribution in [3.63, 3.8) is 0 Å². The maximum absolute atomic E-state index is 12.8. The first kappa shape index (κ1) is 22.4. The molecule has 1 fully saturated rings. The Balaban J connectivity index is 1.48. The average molecular weight is 472 g/mol. The first-order valence-corrected chi connectivity index (χ1v) is 12.4. The Morgan fingerprint density at radius 1 is 0.938 bits per heavy atom. The van der Waals surface area contributed by atoms with Crippen LogP contribution in [-0.2, 0) is 10.0 Å². The Morgan fingerprint density at radius 3 is 2.34 bits per heavy atom. The summed E-state index contributed by atoms with van der Waals surface area (Å²) in [6.07, 6.45) is 3.57. The van der Waals surface area contributed by atoms with Crippen molar-refractivity contribution in [1.29, 1.82) is 0 Å². The Bertz CT molecular complexity index is 1210. The number of nitrogens with one attached hydrogen (secondary N) is 2. The highest BCUT2D eigenvalue weighted by Gasteiger charge is 2.18. The molecule has 2 N–H and O–H groups in total. The summed E-state index contributed by atoms with van der Waals surface area (Å²) in [6, 6.07) is 13.8. The fourth-order valence-corrected chi connectivity index (χ4v) is 5.27. The zero-order valence-corrected chi connectivity index (χ0v) is 19.7. The summed E-state index contributed by atoms with van der Waals surface area (Å²) in [4.78, 5) is 11.6. The molecule has 3 aromatic rings. The van der Waals surface area contributed by atoms with Gasteiger partial charge < -0.3 is 10.2 Å². The largest absolute Gasteiger partial charge is 0.341 e. The lowest BCUT2D eigenvalue weighted by molar-refractivity contribution is 0.568. The number of halogens is 1. The van der Waals surface area contributed by atoms with Gasteiger partial charge in [0.1, 0.15) is 5.82 Å². The molecule has 1 aromatic heterocycles. The third-order valence-electron chi connectivity index (χ3n) is 5.40. The third kappa shape index (κ3) is 5.14. The minimum atomic E-state index is -3.74. The van der Waals surface area contributed by atoms with E-state index in [2.05, 4.69) is 24.9 Å². The van der Waals surface area contributed by atoms with Gasteiger partial charge in [0.25, 0.3) is 10.0 Å². The molecule has 2 heterocycles. The van der Waals surface area contributed by atoms with Gasteiger partial charge >= 0.3 is 0 Å². The van der Waals surface area contributed by atoms with Crippen LogP contribution in [0.15, 0.2) is 53.4 Å². The normalized spacial score (nSPS) is 14.3. The van der Waals surface area contributed by atoms with Gasteiger partial charge in [0.15, 0.2) is 0 Å². The monoisotopic (exact) mass is 471 g/mol. The second kappa shape index (κ2) is 9.34. The molecule has 0 aliphatic carbocycles. The van der Waals surface area contributed by atoms with Crippen LogP contribution in [0, 0.1) is 13.8 Å². The van der Waals surface area contributed by atoms with Crippen molar-refractivity contribution in [2.45, 2.75) is 38.0 Å². The topological polar surface area (TPSA) is 87.2 Å². The van der Waals surface area contributed by atoms with Crippen LogP contribution >= 0.6 is 11.6 Å². The number of piperidine rings is 1. The molecule has 2 aromatic carbocycles. The zero-order valence-electron chi connectivity index (χ0n) is 18.1. The van der Waals surface area contributed by atoms with E-state index in [0.717, 1.165) is 43.3 Å². The van der Waals surface area contributed by atoms with Crippen LogP contribution in [0.1, 0.15) is 30.5 Å². The SMILES string of the molecule is Cc1cc(Nc2ccc(NS(=O)(=O)c3cccc(Cl)c3C)cc2)nc(N2CCCCC2)n1. The van der Waals surface area contributed by atoms with E-state index < -0.39 is 10.0 Å². The Hall–Kier alpha value is -2.84. The lowest BCUT2D eigenvalue weighted by atomic mass is 10.1. The summed E-state index contributed by atoms with van der Waals surface area (Å²) in [5.74, 6) is 1.45. The summed E-state index contributed by atoms with van der Waals surface area (Å²) in [6.45, 7) is 5.59. The number of benzene rings is 2. The highest BCUT2D eigenvalue weighted by molar-refractivity contribution is 7.92. The first-order valence-electron chi connectivity index (χ1n) is 10.6. The van der Waals surface area contributed by atoms with Gasteiger partial charge in [-0.3, -0.25) is 4.72 Å². The smallest absolute Gasteiger partial charge is 0.262 e. The molecule has 0 spiro atoms. The van der Waals surface area contributed by atoms with Gasteiger partial charge in [0.2, 0.25) is 5.95 Å². The number of hydrogen-bond donors (Lipinski definition) is 2. The van der Waals surface area contributed by atoms with Gasteiger partial charge in [-0.25, -0.2) is 13.4 Å². The van der Waals surface area contributed by atoms with Crippen LogP contribution in [0.25, 0.3) is 0 Å². The molecule has 1 saturated heterocycles. The molecule has 0 bridgehead atoms. The molecular formula is C23H26ClN5O2S. The first-order chi connectivity index (χ1) is 15.3. The number of hydrogen-bond acceptors (Lipinski definition) is 6. The summed E-state index contributed by atoms with van der Waals surface area (Å²) >= 11 is 6.08. The van der Waals surface area contributed by atoms with E-state index in [1.54, 1.807) is 43.3 Å². The fraction of sp³-hybridized carbons (Fsp3) is 0.304. The van der Waals surface area contributed by atoms with Crippen molar-refractivity contribution in [1.82, 2.24) is 9.97 Å². The van der Waals surface area contributed by atoms with Crippen molar-refractivity contribution >= 4 is 44.8 Å². The molecule has 4 rings (SSSR count). The zero-order chi connectivity index (χ0) is 22.7. The molecule has 168 valence electrons. The number of sulfonamides is 1. The molecule has 0 amide bonds. The number of anilines is 4. The Morgan fingerprint density at radius 2 is 1.62 bits per heavy atom. The maximum atomic E-state index is 12.8. The van der Waals surface area contributed by atoms with Gasteiger partial charge in [-0.1, -0.05) is 17.7 Å². The van der Waals surface area contributed by atoms with Crippen LogP contribution in [-0.4, -0.2) is 31.5 Å². The highest BCUT2D eigenvalue weighted by atomic mass is 35.5. The van der Waals surface area contributed by atoms with Crippen LogP contribution in [0.4, 0.5) is 23.1 Å². The van der Waals surface area contributed by atoms with E-state index in [-0.39, 0.29) is 4.90 Å². The fourth-order valence-electron chi connectivity index (χ4n) is 3.71. The summed E-state index contributed by atoms with van der Waals surface area (Å²) in [5.41, 5.74) is 2.67. The molecule has 0 unspecified atom stereocenters. The van der Waals surface area contributed by atoms with Gasteiger partial charge in [0.05, 0.1) is 4.90 Å². The summed E-state index contributed by atoms with van der Waals surface area (Å²) < 4.78 is 28.1. The van der Waals surface area contributed by atoms with Crippen LogP contribution in [0.2, 0.25) is 5.02 Å². The second-order valence-electron chi connectivity index (χ2n) is 7.91. The van der Waals surface area contributed by atoms with E-state index in [1.807, 2.05) is 13.0 Å². The highest BCUT2D eigenvalue weighted by Crippen LogP contribution is 2.26. The molecule has 0 radical (unpaired) electrons. The van der Waals surface area contributed by atoms with E-state index in [0.29, 0.717) is 22.1 Å². The number of rotatable bonds is 6. The minimum absolute atomic E-state index is 0.161. The predicted molar refractivity (Wildman–Crippen MR) is 130 cm³/mol. The second-order valence-corrected chi connectivity index (χ2v) is 9.97. The van der Waals surface area contributed by atoms with Crippen molar-refractivity contribution in [2.75, 3.05) is 28.0 Å². The van der Waals surface area contributed by atoms with Gasteiger partial charge in [-0.2, -0.15) is 4.98 Å². The standard InChI is InChI=1S/C23H26ClN5O2S/c1-16-15-22(27-23(25-16)29-13-4-3-5-14-29)26-18-9-11-19(12-10-18)28-32(30,31)21-8-6-7-20(24)17(21)2/h6-12,15,28H,3-5,13-14H2,1-2H3,(H,25,26,27). The molecule has 7 nitrogen and oxygen atoms in total. The summed E-state index contributed by atoms with van der Waals surface area (Å²) in [7, 11) is -3.74. The van der Waals surface area contributed by atoms with Crippen molar-refractivity contribution in [3.05, 3.63) is 64.8 Å². The van der Waals surface area contributed by atoms with Crippen molar-refractivity contribution < 1.29 is 8.42 Å². The Labute approximate surface area is 193 Å². The third-order valence-corrected chi connectivity index (χ3v) is 7.33. The van der Waals surface area contributed by atoms with Crippen LogP contribution in [0.3, 0.4) is 0 Å². The van der Waals surface area contributed by atoms with Gasteiger partial charge in [-0.05, 0) is 75.1 Å². The van der Waals surface area contributed by atoms with E-state index in [1.165, 1.54) is 12.5 Å². The number of aryl methyl sites for hydroxylation is 1. The Kier molecular flexibility index (Phi) is 6.53. The predicted octanol–water partition coefficient (Wildman–Crippen LogP) is 5.28. The molecule has 9 heteroatoms. The average Bonchev–Trinajstić information content (AvgIpc) is 2.77. The van der Waals surface area contributed by atoms with E-state index >= 15 is 0 Å². The van der Waals surface area contributed by atoms with E-state index in [9.17, 15) is 8.42 Å². The molecule has 1 aliphatic rings. The van der Waals surface area contributed by atoms with Gasteiger partial charge in [-0.15, -0.1) is 0 Å². The van der Waals surface area contributed by atoms with Gasteiger partial charge in [0, 0.05) is 41.2 Å². The number of aromatic nitrogens is 2. The lowest BCUT2D eigenvalue weighted by Gasteiger charge is -2.27. The maximum Gasteiger partial charge on any atom is 0.262 e. The molecule has 1 aliphatic heterocycles. The van der Waals surface area contributed by atoms with Crippen LogP contribution in [0.5, 0.6) is 0 Å². The number of nitrogens with zero attached hydrogens (tertiary/aromatic N) is 3. The minimum Gasteiger partial charge on any atom is -0.341 e. The molecule has 32 heavy (non-hydrogen) atoms. The summed E-state index contributed by atoms with van der Waals surface area (Å²) in [5, 5.41) is 3.70. The van der Waals surface area contributed by atoms with Crippen molar-refractivity contribution in [3.8, 4) is 0 Å². The van der Waals surface area contributed by atoms with Crippen LogP contribution < -0.4 is 14.9 Å². The molecule has 0 saturated carbocycles. The quantitative estimate of drug-likeness (QED) is 0.508. The lowest BCUT2D eigenvalue weighted by Crippen LogP contribution is -2.31. The molecule has 0 atom stereocenters.